The molecule has 0 amide bonds. The van der Waals surface area contributed by atoms with Gasteiger partial charge in [0, 0.05) is 21.7 Å². The van der Waals surface area contributed by atoms with Crippen LogP contribution in [0.25, 0.3) is 21.9 Å². The molecular weight excluding hydrogens is 358 g/mol. The number of halogens is 3. The Morgan fingerprint density at radius 1 is 0.810 bits per heavy atom. The van der Waals surface area contributed by atoms with Gasteiger partial charge in [0.25, 0.3) is 0 Å². The normalized spacial score (nSPS) is 9.33. The Morgan fingerprint density at radius 2 is 1.38 bits per heavy atom. The molecule has 0 unspecified atom stereocenters. The SMILES string of the molecule is Cc1cc[c-](C)c2cc3c(C)ccc(C)c3c1-2.Cl.Cl.Cl.[Ti]. The molecule has 114 valence electrons. The standard InChI is InChI=1S/C17H17.3ClH.Ti/c1-10-5-7-12(3)16-14(10)9-15-11(2)6-8-13(4)17(15)16;;;;/h5-9H,1-4H3;3*1H;/q-1;;;;. The van der Waals surface area contributed by atoms with Crippen molar-refractivity contribution in [3.63, 3.8) is 0 Å². The molecule has 0 atom stereocenters. The van der Waals surface area contributed by atoms with Gasteiger partial charge >= 0.3 is 0 Å². The van der Waals surface area contributed by atoms with Gasteiger partial charge in [0.2, 0.25) is 0 Å². The Balaban J connectivity index is 0. The monoisotopic (exact) mass is 377 g/mol. The van der Waals surface area contributed by atoms with Crippen LogP contribution in [0.1, 0.15) is 22.3 Å². The fourth-order valence-corrected chi connectivity index (χ4v) is 2.85. The summed E-state index contributed by atoms with van der Waals surface area (Å²) in [5.41, 5.74) is 8.38. The largest absolute Gasteiger partial charge is 0.147 e. The van der Waals surface area contributed by atoms with E-state index in [2.05, 4.69) is 58.0 Å². The van der Waals surface area contributed by atoms with E-state index in [0.29, 0.717) is 0 Å². The molecule has 1 aromatic rings. The van der Waals surface area contributed by atoms with Crippen LogP contribution in [0.3, 0.4) is 0 Å². The number of benzene rings is 2. The molecule has 2 aliphatic carbocycles. The molecule has 4 heteroatoms. The molecule has 0 spiro atoms. The Morgan fingerprint density at radius 3 is 2.00 bits per heavy atom. The summed E-state index contributed by atoms with van der Waals surface area (Å²) in [7, 11) is 0. The van der Waals surface area contributed by atoms with Crippen LogP contribution in [-0.2, 0) is 21.7 Å². The Hall–Kier alpha value is -0.106. The summed E-state index contributed by atoms with van der Waals surface area (Å²) in [6, 6.07) is 11.3. The molecule has 0 N–H and O–H groups in total. The first-order valence-electron chi connectivity index (χ1n) is 6.15. The van der Waals surface area contributed by atoms with Crippen LogP contribution >= 0.6 is 37.2 Å². The van der Waals surface area contributed by atoms with Crippen LogP contribution in [0.2, 0.25) is 0 Å². The predicted octanol–water partition coefficient (Wildman–Crippen LogP) is 6.16. The van der Waals surface area contributed by atoms with Gasteiger partial charge in [-0.25, -0.2) is 0 Å². The molecule has 21 heavy (non-hydrogen) atoms. The minimum atomic E-state index is 0. The smallest absolute Gasteiger partial charge is 0 e. The van der Waals surface area contributed by atoms with Crippen LogP contribution in [-0.4, -0.2) is 0 Å². The molecule has 0 saturated carbocycles. The van der Waals surface area contributed by atoms with Crippen molar-refractivity contribution >= 4 is 48.0 Å². The summed E-state index contributed by atoms with van der Waals surface area (Å²) in [6.45, 7) is 8.82. The third-order valence-corrected chi connectivity index (χ3v) is 3.88. The topological polar surface area (TPSA) is 0 Å². The van der Waals surface area contributed by atoms with Gasteiger partial charge in [-0.1, -0.05) is 53.4 Å². The molecule has 0 radical (unpaired) electrons. The van der Waals surface area contributed by atoms with Gasteiger partial charge in [0.15, 0.2) is 0 Å². The molecular formula is C17H20Cl3Ti-. The van der Waals surface area contributed by atoms with Crippen molar-refractivity contribution in [2.45, 2.75) is 27.7 Å². The summed E-state index contributed by atoms with van der Waals surface area (Å²) in [5.74, 6) is 0. The van der Waals surface area contributed by atoms with Gasteiger partial charge in [-0.3, -0.25) is 0 Å². The van der Waals surface area contributed by atoms with Gasteiger partial charge in [0.1, 0.15) is 0 Å². The van der Waals surface area contributed by atoms with Gasteiger partial charge in [-0.2, -0.15) is 0 Å². The van der Waals surface area contributed by atoms with Crippen molar-refractivity contribution in [2.24, 2.45) is 0 Å². The van der Waals surface area contributed by atoms with Crippen molar-refractivity contribution in [1.29, 1.82) is 0 Å². The molecule has 3 rings (SSSR count). The molecule has 0 aromatic heterocycles. The zero-order chi connectivity index (χ0) is 12.2. The van der Waals surface area contributed by atoms with E-state index in [4.69, 9.17) is 0 Å². The van der Waals surface area contributed by atoms with Gasteiger partial charge in [-0.05, 0) is 13.8 Å². The fraction of sp³-hybridized carbons (Fsp3) is 0.235. The Labute approximate surface area is 160 Å². The first-order chi connectivity index (χ1) is 8.09. The van der Waals surface area contributed by atoms with Crippen LogP contribution in [0.5, 0.6) is 0 Å². The maximum Gasteiger partial charge on any atom is 0 e. The minimum Gasteiger partial charge on any atom is -0.147 e. The second-order valence-corrected chi connectivity index (χ2v) is 5.12. The van der Waals surface area contributed by atoms with Gasteiger partial charge < -0.3 is 0 Å². The second-order valence-electron chi connectivity index (χ2n) is 5.12. The summed E-state index contributed by atoms with van der Waals surface area (Å²) < 4.78 is 0. The molecule has 0 nitrogen and oxygen atoms in total. The third-order valence-electron chi connectivity index (χ3n) is 3.88. The number of rotatable bonds is 0. The molecule has 0 fully saturated rings. The van der Waals surface area contributed by atoms with Crippen molar-refractivity contribution in [1.82, 2.24) is 0 Å². The molecule has 2 aliphatic rings. The second kappa shape index (κ2) is 8.51. The maximum atomic E-state index is 2.36. The van der Waals surface area contributed by atoms with Crippen molar-refractivity contribution in [2.75, 3.05) is 0 Å². The maximum absolute atomic E-state index is 2.36. The number of aryl methyl sites for hydroxylation is 4. The minimum absolute atomic E-state index is 0. The van der Waals surface area contributed by atoms with Gasteiger partial charge in [-0.15, -0.1) is 72.1 Å². The average Bonchev–Trinajstić information content (AvgIpc) is 2.71. The van der Waals surface area contributed by atoms with E-state index in [1.54, 1.807) is 0 Å². The molecule has 0 saturated heterocycles. The van der Waals surface area contributed by atoms with E-state index in [9.17, 15) is 0 Å². The zero-order valence-electron chi connectivity index (χ0n) is 12.6. The first kappa shape index (κ1) is 23.2. The van der Waals surface area contributed by atoms with E-state index in [-0.39, 0.29) is 58.9 Å². The third kappa shape index (κ3) is 3.63. The predicted molar refractivity (Wildman–Crippen MR) is 96.9 cm³/mol. The van der Waals surface area contributed by atoms with Gasteiger partial charge in [0.05, 0.1) is 0 Å². The average molecular weight is 379 g/mol. The van der Waals surface area contributed by atoms with Crippen LogP contribution in [0, 0.1) is 27.7 Å². The zero-order valence-corrected chi connectivity index (χ0v) is 16.6. The quantitative estimate of drug-likeness (QED) is 0.325. The van der Waals surface area contributed by atoms with E-state index in [0.717, 1.165) is 0 Å². The number of fused-ring (bicyclic) bond motifs is 3. The van der Waals surface area contributed by atoms with E-state index in [1.807, 2.05) is 0 Å². The number of hydrogen-bond acceptors (Lipinski definition) is 0. The molecule has 0 aliphatic heterocycles. The van der Waals surface area contributed by atoms with Crippen LogP contribution < -0.4 is 0 Å². The summed E-state index contributed by atoms with van der Waals surface area (Å²) in [5, 5.41) is 2.86. The fourth-order valence-electron chi connectivity index (χ4n) is 2.85. The van der Waals surface area contributed by atoms with E-state index >= 15 is 0 Å². The van der Waals surface area contributed by atoms with Crippen molar-refractivity contribution in [3.05, 3.63) is 52.6 Å². The molecule has 0 bridgehead atoms. The number of hydrogen-bond donors (Lipinski definition) is 0. The summed E-state index contributed by atoms with van der Waals surface area (Å²) in [6.07, 6.45) is 0. The van der Waals surface area contributed by atoms with Crippen LogP contribution in [0.15, 0.2) is 30.3 Å². The van der Waals surface area contributed by atoms with Crippen molar-refractivity contribution in [3.8, 4) is 11.1 Å². The summed E-state index contributed by atoms with van der Waals surface area (Å²) in [4.78, 5) is 0. The first-order valence-corrected chi connectivity index (χ1v) is 6.15. The van der Waals surface area contributed by atoms with E-state index < -0.39 is 0 Å². The van der Waals surface area contributed by atoms with E-state index in [1.165, 1.54) is 44.2 Å². The van der Waals surface area contributed by atoms with Crippen LogP contribution in [0.4, 0.5) is 0 Å². The summed E-state index contributed by atoms with van der Waals surface area (Å²) >= 11 is 0. The molecule has 1 aromatic carbocycles. The molecule has 0 heterocycles. The Bertz CT molecular complexity index is 701. The van der Waals surface area contributed by atoms with Crippen molar-refractivity contribution < 1.29 is 21.7 Å². The Kier molecular flexibility index (Phi) is 9.38.